The van der Waals surface area contributed by atoms with Crippen molar-refractivity contribution in [3.8, 4) is 0 Å². The highest BCUT2D eigenvalue weighted by Gasteiger charge is 2.32. The predicted octanol–water partition coefficient (Wildman–Crippen LogP) is 1.81. The number of rotatable bonds is 2. The van der Waals surface area contributed by atoms with E-state index in [1.165, 1.54) is 18.2 Å². The first kappa shape index (κ1) is 12.5. The van der Waals surface area contributed by atoms with E-state index in [2.05, 4.69) is 4.98 Å². The maximum absolute atomic E-state index is 11.9. The van der Waals surface area contributed by atoms with Gasteiger partial charge in [0.15, 0.2) is 0 Å². The zero-order chi connectivity index (χ0) is 14.4. The van der Waals surface area contributed by atoms with Gasteiger partial charge in [-0.2, -0.15) is 0 Å². The third-order valence-corrected chi connectivity index (χ3v) is 3.92. The minimum Gasteiger partial charge on any atom is -0.478 e. The number of carboxylic acids is 1. The number of nitrogens with zero attached hydrogens (tertiary/aromatic N) is 2. The van der Waals surface area contributed by atoms with Crippen molar-refractivity contribution < 1.29 is 19.5 Å². The van der Waals surface area contributed by atoms with Crippen LogP contribution in [0.25, 0.3) is 10.2 Å². The lowest BCUT2D eigenvalue weighted by atomic mass is 10.2. The number of hydrogen-bond donors (Lipinski definition) is 1. The van der Waals surface area contributed by atoms with Gasteiger partial charge in [0.1, 0.15) is 0 Å². The molecule has 0 saturated carbocycles. The predicted molar refractivity (Wildman–Crippen MR) is 72.8 cm³/mol. The van der Waals surface area contributed by atoms with Gasteiger partial charge < -0.3 is 5.11 Å². The molecule has 0 unspecified atom stereocenters. The van der Waals surface area contributed by atoms with Crippen LogP contribution in [0.1, 0.15) is 17.3 Å². The number of amides is 2. The number of anilines is 1. The molecule has 1 aliphatic rings. The molecule has 0 spiro atoms. The summed E-state index contributed by atoms with van der Waals surface area (Å²) in [5.41, 5.74) is 1.06. The van der Waals surface area contributed by atoms with Gasteiger partial charge in [-0.05, 0) is 25.1 Å². The molecule has 20 heavy (non-hydrogen) atoms. The van der Waals surface area contributed by atoms with E-state index in [1.54, 1.807) is 13.0 Å². The van der Waals surface area contributed by atoms with E-state index in [-0.39, 0.29) is 10.7 Å². The van der Waals surface area contributed by atoms with E-state index in [0.717, 1.165) is 16.2 Å². The average molecular weight is 288 g/mol. The largest absolute Gasteiger partial charge is 0.478 e. The lowest BCUT2D eigenvalue weighted by Crippen LogP contribution is -2.30. The summed E-state index contributed by atoms with van der Waals surface area (Å²) in [5, 5.41) is 9.19. The number of thiazole rings is 1. The number of hydrogen-bond acceptors (Lipinski definition) is 5. The van der Waals surface area contributed by atoms with Gasteiger partial charge in [-0.1, -0.05) is 11.3 Å². The molecular formula is C13H8N2O4S. The van der Waals surface area contributed by atoms with Gasteiger partial charge in [-0.3, -0.25) is 9.59 Å². The van der Waals surface area contributed by atoms with E-state index in [4.69, 9.17) is 5.11 Å². The minimum absolute atomic E-state index is 0.140. The quantitative estimate of drug-likeness (QED) is 0.851. The Labute approximate surface area is 117 Å². The normalized spacial score (nSPS) is 15.1. The number of carbonyl (C=O) groups is 3. The SMILES string of the molecule is CC1=CC(=O)N(c2nc3ccc(C(=O)O)cc3s2)C1=O. The summed E-state index contributed by atoms with van der Waals surface area (Å²) in [7, 11) is 0. The molecule has 0 radical (unpaired) electrons. The van der Waals surface area contributed by atoms with E-state index in [1.807, 2.05) is 0 Å². The number of carbonyl (C=O) groups excluding carboxylic acids is 2. The maximum Gasteiger partial charge on any atom is 0.335 e. The Balaban J connectivity index is 2.08. The van der Waals surface area contributed by atoms with Crippen LogP contribution < -0.4 is 4.90 Å². The van der Waals surface area contributed by atoms with E-state index in [0.29, 0.717) is 15.8 Å². The Hall–Kier alpha value is -2.54. The van der Waals surface area contributed by atoms with Gasteiger partial charge in [0.2, 0.25) is 5.13 Å². The second kappa shape index (κ2) is 4.24. The van der Waals surface area contributed by atoms with Gasteiger partial charge in [0.25, 0.3) is 11.8 Å². The first-order valence-corrected chi connectivity index (χ1v) is 6.49. The van der Waals surface area contributed by atoms with Crippen molar-refractivity contribution in [3.63, 3.8) is 0 Å². The Morgan fingerprint density at radius 2 is 2.10 bits per heavy atom. The zero-order valence-electron chi connectivity index (χ0n) is 10.3. The van der Waals surface area contributed by atoms with Crippen molar-refractivity contribution in [2.75, 3.05) is 4.90 Å². The Kier molecular flexibility index (Phi) is 2.65. The molecule has 1 aromatic heterocycles. The van der Waals surface area contributed by atoms with Crippen LogP contribution in [0.15, 0.2) is 29.8 Å². The van der Waals surface area contributed by atoms with Crippen molar-refractivity contribution in [1.29, 1.82) is 0 Å². The molecule has 1 N–H and O–H groups in total. The average Bonchev–Trinajstić information content (AvgIpc) is 2.90. The molecule has 0 atom stereocenters. The van der Waals surface area contributed by atoms with Crippen molar-refractivity contribution in [1.82, 2.24) is 4.98 Å². The van der Waals surface area contributed by atoms with E-state index in [9.17, 15) is 14.4 Å². The number of benzene rings is 1. The minimum atomic E-state index is -1.03. The molecule has 6 nitrogen and oxygen atoms in total. The molecule has 2 aromatic rings. The van der Waals surface area contributed by atoms with Crippen molar-refractivity contribution in [2.45, 2.75) is 6.92 Å². The van der Waals surface area contributed by atoms with Crippen LogP contribution in [0, 0.1) is 0 Å². The topological polar surface area (TPSA) is 87.6 Å². The fourth-order valence-corrected chi connectivity index (χ4v) is 2.92. The standard InChI is InChI=1S/C13H8N2O4S/c1-6-4-10(16)15(11(6)17)13-14-8-3-2-7(12(18)19)5-9(8)20-13/h2-5H,1H3,(H,18,19). The summed E-state index contributed by atoms with van der Waals surface area (Å²) in [6.45, 7) is 1.57. The van der Waals surface area contributed by atoms with Crippen molar-refractivity contribution >= 4 is 44.5 Å². The lowest BCUT2D eigenvalue weighted by Gasteiger charge is -2.09. The van der Waals surface area contributed by atoms with Crippen LogP contribution in [0.2, 0.25) is 0 Å². The first-order chi connectivity index (χ1) is 9.47. The van der Waals surface area contributed by atoms with Crippen LogP contribution >= 0.6 is 11.3 Å². The summed E-state index contributed by atoms with van der Waals surface area (Å²) >= 11 is 1.11. The highest BCUT2D eigenvalue weighted by atomic mass is 32.1. The molecular weight excluding hydrogens is 280 g/mol. The van der Waals surface area contributed by atoms with E-state index < -0.39 is 17.8 Å². The third kappa shape index (κ3) is 1.79. The summed E-state index contributed by atoms with van der Waals surface area (Å²) in [4.78, 5) is 39.7. The van der Waals surface area contributed by atoms with Gasteiger partial charge in [0, 0.05) is 11.6 Å². The van der Waals surface area contributed by atoms with E-state index >= 15 is 0 Å². The smallest absolute Gasteiger partial charge is 0.335 e. The summed E-state index contributed by atoms with van der Waals surface area (Å²) in [6, 6.07) is 4.47. The Morgan fingerprint density at radius 1 is 1.35 bits per heavy atom. The number of carboxylic acid groups (broad SMARTS) is 1. The Bertz CT molecular complexity index is 806. The molecule has 2 heterocycles. The van der Waals surface area contributed by atoms with Gasteiger partial charge in [-0.25, -0.2) is 14.7 Å². The number of aromatic carboxylic acids is 1. The summed E-state index contributed by atoms with van der Waals surface area (Å²) in [5.74, 6) is -1.86. The molecule has 1 aromatic carbocycles. The van der Waals surface area contributed by atoms with Gasteiger partial charge >= 0.3 is 5.97 Å². The van der Waals surface area contributed by atoms with Crippen LogP contribution in [0.4, 0.5) is 5.13 Å². The lowest BCUT2D eigenvalue weighted by molar-refractivity contribution is -0.120. The van der Waals surface area contributed by atoms with Gasteiger partial charge in [0.05, 0.1) is 15.8 Å². The molecule has 7 heteroatoms. The number of imide groups is 1. The molecule has 100 valence electrons. The molecule has 2 amide bonds. The van der Waals surface area contributed by atoms with Crippen LogP contribution in [-0.2, 0) is 9.59 Å². The second-order valence-corrected chi connectivity index (χ2v) is 5.30. The molecule has 3 rings (SSSR count). The van der Waals surface area contributed by atoms with Crippen molar-refractivity contribution in [3.05, 3.63) is 35.4 Å². The monoisotopic (exact) mass is 288 g/mol. The zero-order valence-corrected chi connectivity index (χ0v) is 11.1. The third-order valence-electron chi connectivity index (χ3n) is 2.92. The highest BCUT2D eigenvalue weighted by Crippen LogP contribution is 2.32. The number of fused-ring (bicyclic) bond motifs is 1. The van der Waals surface area contributed by atoms with Crippen LogP contribution in [-0.4, -0.2) is 27.9 Å². The van der Waals surface area contributed by atoms with Crippen LogP contribution in [0.5, 0.6) is 0 Å². The maximum atomic E-state index is 11.9. The first-order valence-electron chi connectivity index (χ1n) is 5.68. The Morgan fingerprint density at radius 3 is 2.70 bits per heavy atom. The summed E-state index contributed by atoms with van der Waals surface area (Å²) < 4.78 is 0.616. The fourth-order valence-electron chi connectivity index (χ4n) is 1.91. The van der Waals surface area contributed by atoms with Crippen LogP contribution in [0.3, 0.4) is 0 Å². The fraction of sp³-hybridized carbons (Fsp3) is 0.0769. The van der Waals surface area contributed by atoms with Gasteiger partial charge in [-0.15, -0.1) is 0 Å². The summed E-state index contributed by atoms with van der Waals surface area (Å²) in [6.07, 6.45) is 1.26. The molecule has 0 saturated heterocycles. The van der Waals surface area contributed by atoms with Crippen molar-refractivity contribution in [2.24, 2.45) is 0 Å². The highest BCUT2D eigenvalue weighted by molar-refractivity contribution is 7.22. The molecule has 1 aliphatic heterocycles. The molecule has 0 bridgehead atoms. The molecule has 0 fully saturated rings. The second-order valence-electron chi connectivity index (χ2n) is 4.29. The molecule has 0 aliphatic carbocycles. The number of aromatic nitrogens is 1.